The number of rotatable bonds is 8. The summed E-state index contributed by atoms with van der Waals surface area (Å²) in [6, 6.07) is 5.02. The van der Waals surface area contributed by atoms with E-state index < -0.39 is 5.67 Å². The molecule has 0 saturated heterocycles. The van der Waals surface area contributed by atoms with E-state index in [4.69, 9.17) is 4.74 Å². The summed E-state index contributed by atoms with van der Waals surface area (Å²) < 4.78 is 33.5. The van der Waals surface area contributed by atoms with Crippen LogP contribution in [0.1, 0.15) is 31.4 Å². The van der Waals surface area contributed by atoms with Gasteiger partial charge in [0.2, 0.25) is 5.88 Å². The van der Waals surface area contributed by atoms with Crippen molar-refractivity contribution in [3.63, 3.8) is 0 Å². The number of hydrazine groups is 1. The highest BCUT2D eigenvalue weighted by Gasteiger charge is 2.26. The van der Waals surface area contributed by atoms with Crippen molar-refractivity contribution in [2.75, 3.05) is 20.1 Å². The van der Waals surface area contributed by atoms with Gasteiger partial charge in [-0.15, -0.1) is 0 Å². The third-order valence-corrected chi connectivity index (χ3v) is 3.86. The fourth-order valence-corrected chi connectivity index (χ4v) is 2.53. The van der Waals surface area contributed by atoms with Crippen molar-refractivity contribution < 1.29 is 13.5 Å². The van der Waals surface area contributed by atoms with Crippen LogP contribution in [0.2, 0.25) is 0 Å². The van der Waals surface area contributed by atoms with E-state index in [0.29, 0.717) is 24.4 Å². The molecule has 0 fully saturated rings. The molecule has 0 bridgehead atoms. The second-order valence-electron chi connectivity index (χ2n) is 6.80. The molecule has 2 N–H and O–H groups in total. The quantitative estimate of drug-likeness (QED) is 0.763. The summed E-state index contributed by atoms with van der Waals surface area (Å²) in [4.78, 5) is 0. The summed E-state index contributed by atoms with van der Waals surface area (Å²) in [6.07, 6.45) is 2.31. The zero-order valence-corrected chi connectivity index (χ0v) is 14.8. The lowest BCUT2D eigenvalue weighted by molar-refractivity contribution is 0.0682. The second kappa shape index (κ2) is 7.94. The maximum Gasteiger partial charge on any atom is 0.201 e. The highest BCUT2D eigenvalue weighted by atomic mass is 19.1. The van der Waals surface area contributed by atoms with Crippen LogP contribution >= 0.6 is 0 Å². The Kier molecular flexibility index (Phi) is 6.18. The summed E-state index contributed by atoms with van der Waals surface area (Å²) in [7, 11) is 1.87. The lowest BCUT2D eigenvalue weighted by Gasteiger charge is -2.26. The molecule has 0 amide bonds. The van der Waals surface area contributed by atoms with Crippen LogP contribution < -0.4 is 10.7 Å². The number of hydrogen-bond acceptors (Lipinski definition) is 4. The van der Waals surface area contributed by atoms with Crippen LogP contribution in [0, 0.1) is 12.7 Å². The minimum atomic E-state index is -1.25. The van der Waals surface area contributed by atoms with Gasteiger partial charge in [0.15, 0.2) is 0 Å². The Morgan fingerprint density at radius 3 is 2.79 bits per heavy atom. The van der Waals surface area contributed by atoms with Crippen LogP contribution in [0.4, 0.5) is 8.78 Å². The Morgan fingerprint density at radius 2 is 2.12 bits per heavy atom. The number of nitrogens with zero attached hydrogens (tertiary/aromatic N) is 1. The molecule has 4 nitrogen and oxygen atoms in total. The third-order valence-electron chi connectivity index (χ3n) is 3.86. The van der Waals surface area contributed by atoms with E-state index in [-0.39, 0.29) is 18.5 Å². The molecule has 1 aliphatic heterocycles. The largest absolute Gasteiger partial charge is 0.473 e. The van der Waals surface area contributed by atoms with Gasteiger partial charge in [0.05, 0.1) is 6.04 Å². The van der Waals surface area contributed by atoms with Crippen LogP contribution in [0.3, 0.4) is 0 Å². The van der Waals surface area contributed by atoms with E-state index in [2.05, 4.69) is 10.7 Å². The molecule has 1 unspecified atom stereocenters. The van der Waals surface area contributed by atoms with Gasteiger partial charge in [-0.25, -0.2) is 14.2 Å². The van der Waals surface area contributed by atoms with Gasteiger partial charge in [-0.3, -0.25) is 5.01 Å². The Bertz CT molecular complexity index is 584. The first kappa shape index (κ1) is 18.7. The van der Waals surface area contributed by atoms with Crippen molar-refractivity contribution in [3.8, 4) is 0 Å². The molecular formula is C18H27F2N3O. The molecule has 0 aliphatic carbocycles. The molecule has 134 valence electrons. The molecule has 0 saturated carbocycles. The van der Waals surface area contributed by atoms with Crippen molar-refractivity contribution >= 4 is 0 Å². The standard InChI is InChI=1S/C18H27F2N3O/c1-13-5-6-16(19)14(9-13)12-24-17-10-15(11-21-4)22-23(17)8-7-18(2,3)20/h5-6,9-10,15,21-22H,7-8,11-12H2,1-4H3. The van der Waals surface area contributed by atoms with Gasteiger partial charge >= 0.3 is 0 Å². The average molecular weight is 339 g/mol. The van der Waals surface area contributed by atoms with Gasteiger partial charge in [0, 0.05) is 25.1 Å². The van der Waals surface area contributed by atoms with Crippen LogP contribution in [-0.4, -0.2) is 36.9 Å². The van der Waals surface area contributed by atoms with Gasteiger partial charge in [0.25, 0.3) is 0 Å². The van der Waals surface area contributed by atoms with Crippen molar-refractivity contribution in [2.24, 2.45) is 0 Å². The summed E-state index contributed by atoms with van der Waals surface area (Å²) in [6.45, 7) is 6.37. The number of hydrogen-bond donors (Lipinski definition) is 2. The predicted molar refractivity (Wildman–Crippen MR) is 91.4 cm³/mol. The number of ether oxygens (including phenoxy) is 1. The number of aryl methyl sites for hydroxylation is 1. The van der Waals surface area contributed by atoms with E-state index in [1.165, 1.54) is 6.07 Å². The summed E-state index contributed by atoms with van der Waals surface area (Å²) >= 11 is 0. The molecule has 0 radical (unpaired) electrons. The van der Waals surface area contributed by atoms with E-state index >= 15 is 0 Å². The highest BCUT2D eigenvalue weighted by Crippen LogP contribution is 2.21. The molecule has 1 aliphatic rings. The summed E-state index contributed by atoms with van der Waals surface area (Å²) in [5.74, 6) is 0.329. The second-order valence-corrected chi connectivity index (χ2v) is 6.80. The monoisotopic (exact) mass is 339 g/mol. The van der Waals surface area contributed by atoms with Gasteiger partial charge < -0.3 is 10.1 Å². The Labute approximate surface area is 142 Å². The molecule has 2 rings (SSSR count). The number of likely N-dealkylation sites (N-methyl/N-ethyl adjacent to an activating group) is 1. The number of halogens is 2. The summed E-state index contributed by atoms with van der Waals surface area (Å²) in [5.41, 5.74) is 3.51. The van der Waals surface area contributed by atoms with Gasteiger partial charge in [-0.1, -0.05) is 11.6 Å². The van der Waals surface area contributed by atoms with Gasteiger partial charge in [-0.05, 0) is 46.0 Å². The molecule has 6 heteroatoms. The molecule has 24 heavy (non-hydrogen) atoms. The molecule has 1 aromatic carbocycles. The van der Waals surface area contributed by atoms with E-state index in [1.54, 1.807) is 31.0 Å². The first-order chi connectivity index (χ1) is 11.3. The van der Waals surface area contributed by atoms with Crippen LogP contribution in [0.5, 0.6) is 0 Å². The zero-order chi connectivity index (χ0) is 17.7. The first-order valence-corrected chi connectivity index (χ1v) is 8.25. The molecule has 0 spiro atoms. The number of nitrogens with one attached hydrogen (secondary N) is 2. The Morgan fingerprint density at radius 1 is 1.38 bits per heavy atom. The molecular weight excluding hydrogens is 312 g/mol. The van der Waals surface area contributed by atoms with Crippen LogP contribution in [-0.2, 0) is 11.3 Å². The molecule has 1 heterocycles. The molecule has 1 aromatic rings. The first-order valence-electron chi connectivity index (χ1n) is 8.25. The fourth-order valence-electron chi connectivity index (χ4n) is 2.53. The smallest absolute Gasteiger partial charge is 0.201 e. The van der Waals surface area contributed by atoms with E-state index in [9.17, 15) is 8.78 Å². The van der Waals surface area contributed by atoms with E-state index in [1.807, 2.05) is 20.0 Å². The average Bonchev–Trinajstić information content (AvgIpc) is 2.88. The lowest BCUT2D eigenvalue weighted by Crippen LogP contribution is -2.43. The van der Waals surface area contributed by atoms with Crippen molar-refractivity contribution in [2.45, 2.75) is 45.5 Å². The van der Waals surface area contributed by atoms with Crippen molar-refractivity contribution in [3.05, 3.63) is 47.1 Å². The zero-order valence-electron chi connectivity index (χ0n) is 14.8. The lowest BCUT2D eigenvalue weighted by atomic mass is 10.1. The van der Waals surface area contributed by atoms with Crippen LogP contribution in [0.25, 0.3) is 0 Å². The molecule has 1 atom stereocenters. The highest BCUT2D eigenvalue weighted by molar-refractivity contribution is 5.23. The predicted octanol–water partition coefficient (Wildman–Crippen LogP) is 3.04. The minimum absolute atomic E-state index is 0.0649. The summed E-state index contributed by atoms with van der Waals surface area (Å²) in [5, 5.41) is 4.89. The van der Waals surface area contributed by atoms with Crippen molar-refractivity contribution in [1.82, 2.24) is 15.8 Å². The van der Waals surface area contributed by atoms with Crippen LogP contribution in [0.15, 0.2) is 30.2 Å². The topological polar surface area (TPSA) is 36.5 Å². The number of alkyl halides is 1. The minimum Gasteiger partial charge on any atom is -0.473 e. The Balaban J connectivity index is 2.02. The van der Waals surface area contributed by atoms with Crippen molar-refractivity contribution in [1.29, 1.82) is 0 Å². The molecule has 0 aromatic heterocycles. The van der Waals surface area contributed by atoms with E-state index in [0.717, 1.165) is 12.1 Å². The maximum atomic E-state index is 13.9. The SMILES string of the molecule is CNCC1C=C(OCc2cc(C)ccc2F)N(CCC(C)(C)F)N1. The fraction of sp³-hybridized carbons (Fsp3) is 0.556. The van der Waals surface area contributed by atoms with Gasteiger partial charge in [-0.2, -0.15) is 0 Å². The third kappa shape index (κ3) is 5.46. The normalized spacial score (nSPS) is 18.0. The Hall–Kier alpha value is -1.66. The maximum absolute atomic E-state index is 13.9. The number of benzene rings is 1. The van der Waals surface area contributed by atoms with Gasteiger partial charge in [0.1, 0.15) is 18.1 Å².